The first kappa shape index (κ1) is 14.9. The lowest BCUT2D eigenvalue weighted by Gasteiger charge is -2.23. The predicted molar refractivity (Wildman–Crippen MR) is 74.9 cm³/mol. The number of ether oxygens (including phenoxy) is 1. The zero-order valence-electron chi connectivity index (χ0n) is 12.1. The van der Waals surface area contributed by atoms with Crippen molar-refractivity contribution in [3.8, 4) is 0 Å². The average Bonchev–Trinajstić information content (AvgIpc) is 2.29. The van der Waals surface area contributed by atoms with Gasteiger partial charge in [0.15, 0.2) is 5.78 Å². The molecule has 18 heavy (non-hydrogen) atoms. The van der Waals surface area contributed by atoms with Crippen LogP contribution in [0.3, 0.4) is 0 Å². The second-order valence-electron chi connectivity index (χ2n) is 5.44. The van der Waals surface area contributed by atoms with Gasteiger partial charge in [-0.15, -0.1) is 0 Å². The van der Waals surface area contributed by atoms with Gasteiger partial charge < -0.3 is 4.74 Å². The molecule has 0 bridgehead atoms. The van der Waals surface area contributed by atoms with Gasteiger partial charge in [0.2, 0.25) is 0 Å². The molecule has 2 heteroatoms. The summed E-state index contributed by atoms with van der Waals surface area (Å²) in [5.74, 6) is 0.649. The first-order valence-electron chi connectivity index (χ1n) is 6.63. The zero-order chi connectivity index (χ0) is 13.8. The van der Waals surface area contributed by atoms with E-state index in [1.54, 1.807) is 0 Å². The molecule has 0 fully saturated rings. The Morgan fingerprint density at radius 3 is 2.22 bits per heavy atom. The fourth-order valence-corrected chi connectivity index (χ4v) is 1.86. The summed E-state index contributed by atoms with van der Waals surface area (Å²) < 4.78 is 5.48. The number of carbonyl (C=O) groups excluding carboxylic acids is 1. The molecule has 0 radical (unpaired) electrons. The molecule has 0 aliphatic carbocycles. The summed E-state index contributed by atoms with van der Waals surface area (Å²) in [4.78, 5) is 12.1. The minimum atomic E-state index is -0.689. The third kappa shape index (κ3) is 3.95. The summed E-state index contributed by atoms with van der Waals surface area (Å²) in [6.45, 7) is 10.5. The third-order valence-electron chi connectivity index (χ3n) is 3.19. The summed E-state index contributed by atoms with van der Waals surface area (Å²) >= 11 is 0. The van der Waals surface area contributed by atoms with E-state index in [1.165, 1.54) is 5.56 Å². The Kier molecular flexibility index (Phi) is 5.09. The highest BCUT2D eigenvalue weighted by Gasteiger charge is 2.27. The van der Waals surface area contributed by atoms with Crippen LogP contribution in [0, 0.1) is 0 Å². The van der Waals surface area contributed by atoms with E-state index in [4.69, 9.17) is 4.74 Å². The van der Waals surface area contributed by atoms with E-state index in [0.29, 0.717) is 18.9 Å². The van der Waals surface area contributed by atoms with Gasteiger partial charge in [-0.25, -0.2) is 0 Å². The topological polar surface area (TPSA) is 26.3 Å². The van der Waals surface area contributed by atoms with Crippen LogP contribution in [0.2, 0.25) is 0 Å². The van der Waals surface area contributed by atoms with Gasteiger partial charge in [0, 0.05) is 13.0 Å². The van der Waals surface area contributed by atoms with E-state index in [1.807, 2.05) is 32.9 Å². The molecule has 0 N–H and O–H groups in total. The van der Waals surface area contributed by atoms with Crippen molar-refractivity contribution in [3.05, 3.63) is 35.4 Å². The smallest absolute Gasteiger partial charge is 0.168 e. The van der Waals surface area contributed by atoms with Gasteiger partial charge in [-0.2, -0.15) is 0 Å². The molecule has 2 nitrogen and oxygen atoms in total. The summed E-state index contributed by atoms with van der Waals surface area (Å²) in [5.41, 5.74) is 1.67. The Hall–Kier alpha value is -1.15. The van der Waals surface area contributed by atoms with Gasteiger partial charge in [0.25, 0.3) is 0 Å². The predicted octanol–water partition coefficient (Wildman–Crippen LogP) is 3.74. The quantitative estimate of drug-likeness (QED) is 0.766. The Balaban J connectivity index is 2.70. The minimum absolute atomic E-state index is 0.127. The van der Waals surface area contributed by atoms with Crippen molar-refractivity contribution in [2.75, 3.05) is 6.61 Å². The van der Waals surface area contributed by atoms with Crippen LogP contribution < -0.4 is 0 Å². The summed E-state index contributed by atoms with van der Waals surface area (Å²) in [6.07, 6.45) is 0.436. The van der Waals surface area contributed by atoms with Gasteiger partial charge in [-0.1, -0.05) is 38.1 Å². The van der Waals surface area contributed by atoms with Crippen LogP contribution in [0.5, 0.6) is 0 Å². The van der Waals surface area contributed by atoms with Crippen LogP contribution in [-0.4, -0.2) is 18.0 Å². The van der Waals surface area contributed by atoms with Crippen LogP contribution in [-0.2, 0) is 16.0 Å². The van der Waals surface area contributed by atoms with Gasteiger partial charge in [0.05, 0.1) is 0 Å². The van der Waals surface area contributed by atoms with Crippen LogP contribution in [0.15, 0.2) is 24.3 Å². The second-order valence-corrected chi connectivity index (χ2v) is 5.44. The maximum atomic E-state index is 12.1. The Labute approximate surface area is 110 Å². The van der Waals surface area contributed by atoms with Crippen molar-refractivity contribution in [3.63, 3.8) is 0 Å². The average molecular weight is 248 g/mol. The lowest BCUT2D eigenvalue weighted by atomic mass is 9.95. The van der Waals surface area contributed by atoms with E-state index < -0.39 is 5.60 Å². The molecule has 0 unspecified atom stereocenters. The molecule has 0 amide bonds. The third-order valence-corrected chi connectivity index (χ3v) is 3.19. The maximum absolute atomic E-state index is 12.1. The molecule has 0 saturated carbocycles. The van der Waals surface area contributed by atoms with E-state index in [9.17, 15) is 4.79 Å². The molecule has 0 aromatic heterocycles. The summed E-state index contributed by atoms with van der Waals surface area (Å²) in [5, 5.41) is 0. The van der Waals surface area contributed by atoms with Crippen LogP contribution >= 0.6 is 0 Å². The van der Waals surface area contributed by atoms with Gasteiger partial charge in [0.1, 0.15) is 5.60 Å². The number of rotatable bonds is 6. The van der Waals surface area contributed by atoms with Crippen molar-refractivity contribution in [1.29, 1.82) is 0 Å². The molecule has 1 aromatic carbocycles. The van der Waals surface area contributed by atoms with Gasteiger partial charge in [-0.3, -0.25) is 4.79 Å². The first-order chi connectivity index (χ1) is 8.36. The fraction of sp³-hybridized carbons (Fsp3) is 0.562. The number of ketones is 1. The lowest BCUT2D eigenvalue weighted by molar-refractivity contribution is -0.139. The van der Waals surface area contributed by atoms with E-state index in [2.05, 4.69) is 26.0 Å². The molecule has 0 aliphatic rings. The SMILES string of the molecule is CCOC(C)(C)C(=O)Cc1ccc(C(C)C)cc1. The van der Waals surface area contributed by atoms with Crippen molar-refractivity contribution in [1.82, 2.24) is 0 Å². The highest BCUT2D eigenvalue weighted by atomic mass is 16.5. The number of carbonyl (C=O) groups is 1. The summed E-state index contributed by atoms with van der Waals surface area (Å²) in [7, 11) is 0. The second kappa shape index (κ2) is 6.14. The van der Waals surface area contributed by atoms with E-state index >= 15 is 0 Å². The molecule has 0 heterocycles. The van der Waals surface area contributed by atoms with Crippen molar-refractivity contribution < 1.29 is 9.53 Å². The molecular formula is C16H24O2. The van der Waals surface area contributed by atoms with Crippen molar-refractivity contribution in [2.45, 2.75) is 52.6 Å². The van der Waals surface area contributed by atoms with Gasteiger partial charge >= 0.3 is 0 Å². The van der Waals surface area contributed by atoms with Crippen molar-refractivity contribution >= 4 is 5.78 Å². The Bertz CT molecular complexity index is 388. The van der Waals surface area contributed by atoms with Crippen LogP contribution in [0.1, 0.15) is 51.7 Å². The normalized spacial score (nSPS) is 11.9. The highest BCUT2D eigenvalue weighted by Crippen LogP contribution is 2.18. The summed E-state index contributed by atoms with van der Waals surface area (Å²) in [6, 6.07) is 8.27. The molecule has 1 aromatic rings. The number of benzene rings is 1. The Morgan fingerprint density at radius 2 is 1.78 bits per heavy atom. The largest absolute Gasteiger partial charge is 0.368 e. The van der Waals surface area contributed by atoms with Crippen molar-refractivity contribution in [2.24, 2.45) is 0 Å². The van der Waals surface area contributed by atoms with Gasteiger partial charge in [-0.05, 0) is 37.8 Å². The number of hydrogen-bond acceptors (Lipinski definition) is 2. The monoisotopic (exact) mass is 248 g/mol. The zero-order valence-corrected chi connectivity index (χ0v) is 12.1. The maximum Gasteiger partial charge on any atom is 0.168 e. The number of Topliss-reactive ketones (excluding diaryl/α,β-unsaturated/α-hetero) is 1. The standard InChI is InChI=1S/C16H24O2/c1-6-18-16(4,5)15(17)11-13-7-9-14(10-8-13)12(2)3/h7-10,12H,6,11H2,1-5H3. The Morgan fingerprint density at radius 1 is 1.22 bits per heavy atom. The molecule has 100 valence electrons. The molecule has 0 spiro atoms. The highest BCUT2D eigenvalue weighted by molar-refractivity contribution is 5.88. The van der Waals surface area contributed by atoms with E-state index in [-0.39, 0.29) is 5.78 Å². The lowest BCUT2D eigenvalue weighted by Crippen LogP contribution is -2.36. The van der Waals surface area contributed by atoms with Crippen LogP contribution in [0.4, 0.5) is 0 Å². The van der Waals surface area contributed by atoms with E-state index in [0.717, 1.165) is 5.56 Å². The molecule has 0 saturated heterocycles. The molecule has 0 aliphatic heterocycles. The van der Waals surface area contributed by atoms with Crippen LogP contribution in [0.25, 0.3) is 0 Å². The molecule has 1 rings (SSSR count). The molecule has 0 atom stereocenters. The minimum Gasteiger partial charge on any atom is -0.368 e. The number of hydrogen-bond donors (Lipinski definition) is 0. The first-order valence-corrected chi connectivity index (χ1v) is 6.63. The fourth-order valence-electron chi connectivity index (χ4n) is 1.86. The molecular weight excluding hydrogens is 224 g/mol.